The fourth-order valence-electron chi connectivity index (χ4n) is 7.76. The third-order valence-electron chi connectivity index (χ3n) is 10.6. The molecule has 1 fully saturated rings. The summed E-state index contributed by atoms with van der Waals surface area (Å²) in [6.07, 6.45) is 5.50. The van der Waals surface area contributed by atoms with E-state index in [4.69, 9.17) is 5.73 Å². The second-order valence-electron chi connectivity index (χ2n) is 14.5. The Morgan fingerprint density at radius 2 is 1.49 bits per heavy atom. The molecule has 4 atom stereocenters. The number of carboxylic acid groups (broad SMARTS) is 3. The standard InChI is InChI=1S/C41H46N4O10/c42-33(46)22-32-37(50)43-23-24(20-28-11-7-10-25-9-2-3-12-29(25)28)8-6-13-30(26-14-16-27(17-15-26)35(38(51)52)39(53)54)31(21-34(47)48)36(49)45-41(40(55)44-32)18-4-1-5-19-41/h2-3,6-7,9-17,24,30-32,35H,1,4-5,8,18-23H2,(H2,42,46)(H,43,50)(H,44,55)(H,45,49)(H,47,48)(H,51,52)(H,53,54)/t24-,30+,31-,32-/m0/s1. The van der Waals surface area contributed by atoms with E-state index in [-0.39, 0.29) is 30.9 Å². The first-order valence-electron chi connectivity index (χ1n) is 18.4. The van der Waals surface area contributed by atoms with Crippen molar-refractivity contribution in [2.45, 2.75) is 81.2 Å². The number of hydrogen-bond donors (Lipinski definition) is 7. The summed E-state index contributed by atoms with van der Waals surface area (Å²) in [4.78, 5) is 90.2. The van der Waals surface area contributed by atoms with Gasteiger partial charge in [-0.15, -0.1) is 0 Å². The predicted octanol–water partition coefficient (Wildman–Crippen LogP) is 3.38. The number of rotatable bonds is 10. The Morgan fingerprint density at radius 3 is 2.15 bits per heavy atom. The van der Waals surface area contributed by atoms with E-state index in [1.807, 2.05) is 42.5 Å². The number of benzene rings is 3. The number of carbonyl (C=O) groups is 7. The molecule has 4 amide bonds. The summed E-state index contributed by atoms with van der Waals surface area (Å²) in [5.74, 6) is -11.5. The molecule has 0 radical (unpaired) electrons. The molecule has 8 N–H and O–H groups in total. The lowest BCUT2D eigenvalue weighted by atomic mass is 9.78. The van der Waals surface area contributed by atoms with Gasteiger partial charge in [-0.1, -0.05) is 98.1 Å². The molecule has 1 spiro atoms. The van der Waals surface area contributed by atoms with Crippen LogP contribution in [0, 0.1) is 11.8 Å². The zero-order valence-electron chi connectivity index (χ0n) is 30.2. The number of primary amides is 1. The van der Waals surface area contributed by atoms with Gasteiger partial charge in [-0.3, -0.25) is 33.6 Å². The van der Waals surface area contributed by atoms with E-state index in [0.717, 1.165) is 22.8 Å². The number of carboxylic acids is 3. The van der Waals surface area contributed by atoms with Crippen molar-refractivity contribution in [1.29, 1.82) is 0 Å². The minimum absolute atomic E-state index is 0.0154. The maximum atomic E-state index is 14.4. The highest BCUT2D eigenvalue weighted by atomic mass is 16.4. The smallest absolute Gasteiger partial charge is 0.322 e. The molecule has 5 rings (SSSR count). The van der Waals surface area contributed by atoms with Gasteiger partial charge < -0.3 is 37.0 Å². The zero-order chi connectivity index (χ0) is 39.7. The molecule has 1 aliphatic heterocycles. The fourth-order valence-corrected chi connectivity index (χ4v) is 7.76. The van der Waals surface area contributed by atoms with E-state index in [0.29, 0.717) is 31.2 Å². The van der Waals surface area contributed by atoms with E-state index >= 15 is 0 Å². The van der Waals surface area contributed by atoms with Crippen molar-refractivity contribution < 1.29 is 48.9 Å². The third-order valence-corrected chi connectivity index (χ3v) is 10.6. The van der Waals surface area contributed by atoms with Crippen LogP contribution in [-0.4, -0.2) is 75.0 Å². The number of amides is 4. The second kappa shape index (κ2) is 17.9. The van der Waals surface area contributed by atoms with Crippen molar-refractivity contribution >= 4 is 52.3 Å². The number of aliphatic carboxylic acids is 3. The first kappa shape index (κ1) is 40.1. The van der Waals surface area contributed by atoms with Crippen LogP contribution in [0.3, 0.4) is 0 Å². The van der Waals surface area contributed by atoms with Gasteiger partial charge in [0.2, 0.25) is 23.6 Å². The van der Waals surface area contributed by atoms with Crippen LogP contribution in [0.2, 0.25) is 0 Å². The Kier molecular flexibility index (Phi) is 13.0. The van der Waals surface area contributed by atoms with Crippen molar-refractivity contribution in [3.05, 3.63) is 95.6 Å². The molecule has 0 saturated heterocycles. The van der Waals surface area contributed by atoms with Crippen LogP contribution in [-0.2, 0) is 40.0 Å². The highest BCUT2D eigenvalue weighted by Crippen LogP contribution is 2.35. The highest BCUT2D eigenvalue weighted by Gasteiger charge is 2.45. The normalized spacial score (nSPS) is 22.2. The van der Waals surface area contributed by atoms with Gasteiger partial charge in [-0.2, -0.15) is 0 Å². The molecule has 14 nitrogen and oxygen atoms in total. The SMILES string of the molecule is NC(=O)C[C@@H]1NC(=O)C2(CCCCC2)NC(=O)[C@@H](CC(=O)O)[C@@H](c2ccc(C(C(=O)O)C(=O)O)cc2)C=CC[C@@H](Cc2cccc3ccccc23)CNC1=O. The first-order valence-corrected chi connectivity index (χ1v) is 18.4. The second-order valence-corrected chi connectivity index (χ2v) is 14.5. The van der Waals surface area contributed by atoms with Gasteiger partial charge in [0.1, 0.15) is 11.6 Å². The molecule has 3 aromatic rings. The summed E-state index contributed by atoms with van der Waals surface area (Å²) in [5, 5.41) is 39.7. The van der Waals surface area contributed by atoms with Crippen LogP contribution in [0.4, 0.5) is 0 Å². The number of carbonyl (C=O) groups excluding carboxylic acids is 4. The summed E-state index contributed by atoms with van der Waals surface area (Å²) in [6, 6.07) is 18.1. The van der Waals surface area contributed by atoms with Crippen LogP contribution in [0.5, 0.6) is 0 Å². The van der Waals surface area contributed by atoms with Crippen molar-refractivity contribution in [1.82, 2.24) is 16.0 Å². The van der Waals surface area contributed by atoms with Gasteiger partial charge in [0, 0.05) is 12.5 Å². The maximum Gasteiger partial charge on any atom is 0.322 e. The Hall–Kier alpha value is -6.05. The van der Waals surface area contributed by atoms with Gasteiger partial charge in [0.05, 0.1) is 18.8 Å². The minimum Gasteiger partial charge on any atom is -0.481 e. The molecule has 1 saturated carbocycles. The highest BCUT2D eigenvalue weighted by molar-refractivity contribution is 5.99. The molecule has 3 aromatic carbocycles. The van der Waals surface area contributed by atoms with Crippen LogP contribution >= 0.6 is 0 Å². The molecule has 55 heavy (non-hydrogen) atoms. The summed E-state index contributed by atoms with van der Waals surface area (Å²) < 4.78 is 0. The van der Waals surface area contributed by atoms with E-state index < -0.39 is 83.7 Å². The van der Waals surface area contributed by atoms with Gasteiger partial charge in [-0.25, -0.2) is 0 Å². The Balaban J connectivity index is 1.60. The number of nitrogens with two attached hydrogens (primary N) is 1. The molecule has 0 bridgehead atoms. The molecule has 1 aliphatic carbocycles. The predicted molar refractivity (Wildman–Crippen MR) is 201 cm³/mol. The summed E-state index contributed by atoms with van der Waals surface area (Å²) >= 11 is 0. The quantitative estimate of drug-likeness (QED) is 0.118. The van der Waals surface area contributed by atoms with E-state index in [2.05, 4.69) is 16.0 Å². The van der Waals surface area contributed by atoms with Crippen molar-refractivity contribution in [2.75, 3.05) is 6.54 Å². The Labute approximate surface area is 317 Å². The maximum absolute atomic E-state index is 14.4. The Morgan fingerprint density at radius 1 is 0.818 bits per heavy atom. The number of allylic oxidation sites excluding steroid dienone is 2. The fraction of sp³-hybridized carbons (Fsp3) is 0.390. The van der Waals surface area contributed by atoms with Crippen LogP contribution in [0.1, 0.15) is 79.9 Å². The van der Waals surface area contributed by atoms with E-state index in [9.17, 15) is 48.9 Å². The number of fused-ring (bicyclic) bond motifs is 1. The first-order chi connectivity index (χ1) is 26.3. The lowest BCUT2D eigenvalue weighted by molar-refractivity contribution is -0.150. The lowest BCUT2D eigenvalue weighted by Gasteiger charge is -2.39. The molecular formula is C41H46N4O10. The van der Waals surface area contributed by atoms with Crippen LogP contribution in [0.25, 0.3) is 10.8 Å². The summed E-state index contributed by atoms with van der Waals surface area (Å²) in [7, 11) is 0. The van der Waals surface area contributed by atoms with Crippen LogP contribution in [0.15, 0.2) is 78.9 Å². The minimum atomic E-state index is -1.84. The average molecular weight is 755 g/mol. The monoisotopic (exact) mass is 754 g/mol. The number of nitrogens with one attached hydrogen (secondary N) is 3. The largest absolute Gasteiger partial charge is 0.481 e. The van der Waals surface area contributed by atoms with Crippen molar-refractivity contribution in [3.8, 4) is 0 Å². The topological polar surface area (TPSA) is 242 Å². The van der Waals surface area contributed by atoms with Crippen molar-refractivity contribution in [2.24, 2.45) is 17.6 Å². The lowest BCUT2D eigenvalue weighted by Crippen LogP contribution is -2.64. The molecule has 290 valence electrons. The molecule has 1 heterocycles. The Bertz CT molecular complexity index is 1950. The average Bonchev–Trinajstić information content (AvgIpc) is 3.14. The van der Waals surface area contributed by atoms with Gasteiger partial charge in [-0.05, 0) is 59.1 Å². The van der Waals surface area contributed by atoms with E-state index in [1.165, 1.54) is 24.3 Å². The van der Waals surface area contributed by atoms with Gasteiger partial charge >= 0.3 is 17.9 Å². The molecule has 0 aromatic heterocycles. The van der Waals surface area contributed by atoms with Crippen molar-refractivity contribution in [3.63, 3.8) is 0 Å². The van der Waals surface area contributed by atoms with Gasteiger partial charge in [0.15, 0.2) is 5.92 Å². The molecule has 14 heteroatoms. The molecular weight excluding hydrogens is 708 g/mol. The number of hydrogen-bond acceptors (Lipinski definition) is 7. The molecule has 2 aliphatic rings. The third kappa shape index (κ3) is 9.93. The van der Waals surface area contributed by atoms with Gasteiger partial charge in [0.25, 0.3) is 0 Å². The van der Waals surface area contributed by atoms with Crippen LogP contribution < -0.4 is 21.7 Å². The zero-order valence-corrected chi connectivity index (χ0v) is 30.2. The summed E-state index contributed by atoms with van der Waals surface area (Å²) in [5.41, 5.74) is 5.40. The summed E-state index contributed by atoms with van der Waals surface area (Å²) in [6.45, 7) is 0.129. The molecule has 0 unspecified atom stereocenters. The van der Waals surface area contributed by atoms with E-state index in [1.54, 1.807) is 12.2 Å².